The number of carboxylic acids is 1. The minimum absolute atomic E-state index is 0.0465. The Morgan fingerprint density at radius 1 is 0.947 bits per heavy atom. The van der Waals surface area contributed by atoms with Gasteiger partial charge in [-0.25, -0.2) is 9.59 Å². The van der Waals surface area contributed by atoms with Gasteiger partial charge >= 0.3 is 19.2 Å². The molecule has 4 N–H and O–H groups in total. The Kier molecular flexibility index (Phi) is 9.53. The van der Waals surface area contributed by atoms with Crippen molar-refractivity contribution in [1.29, 1.82) is 0 Å². The van der Waals surface area contributed by atoms with Crippen molar-refractivity contribution in [1.82, 2.24) is 10.6 Å². The molecule has 0 aromatic heterocycles. The number of carbonyl (C=O) groups excluding carboxylic acids is 2. The van der Waals surface area contributed by atoms with Gasteiger partial charge in [0.25, 0.3) is 0 Å². The first kappa shape index (κ1) is 29.2. The number of benzene rings is 2. The zero-order chi connectivity index (χ0) is 27.9. The van der Waals surface area contributed by atoms with Crippen molar-refractivity contribution < 1.29 is 38.6 Å². The van der Waals surface area contributed by atoms with Gasteiger partial charge in [-0.15, -0.1) is 0 Å². The van der Waals surface area contributed by atoms with Gasteiger partial charge in [0.1, 0.15) is 12.6 Å². The van der Waals surface area contributed by atoms with Crippen molar-refractivity contribution in [2.75, 3.05) is 6.54 Å². The van der Waals surface area contributed by atoms with E-state index in [1.54, 1.807) is 24.3 Å². The highest BCUT2D eigenvalue weighted by Crippen LogP contribution is 2.36. The maximum absolute atomic E-state index is 12.4. The summed E-state index contributed by atoms with van der Waals surface area (Å²) < 4.78 is 17.1. The van der Waals surface area contributed by atoms with Crippen molar-refractivity contribution in [2.24, 2.45) is 0 Å². The van der Waals surface area contributed by atoms with E-state index in [0.717, 1.165) is 11.0 Å². The van der Waals surface area contributed by atoms with E-state index in [2.05, 4.69) is 10.6 Å². The molecule has 1 aliphatic heterocycles. The highest BCUT2D eigenvalue weighted by atomic mass is 16.7. The fourth-order valence-corrected chi connectivity index (χ4v) is 3.74. The van der Waals surface area contributed by atoms with Crippen LogP contribution in [0.5, 0.6) is 0 Å². The summed E-state index contributed by atoms with van der Waals surface area (Å²) in [7, 11) is -0.533. The van der Waals surface area contributed by atoms with Gasteiger partial charge in [-0.2, -0.15) is 0 Å². The molecule has 2 aromatic carbocycles. The SMILES string of the molecule is CC1(C)OB(c2ccc(C[C@H](NC(=O)C[C@H](O)CNC(=O)OCc3ccccc3)C(=O)O)cc2)OC1(C)C. The molecule has 1 aliphatic rings. The summed E-state index contributed by atoms with van der Waals surface area (Å²) in [6.07, 6.45) is -2.29. The minimum Gasteiger partial charge on any atom is -0.480 e. The summed E-state index contributed by atoms with van der Waals surface area (Å²) in [6.45, 7) is 7.71. The molecule has 0 saturated carbocycles. The van der Waals surface area contributed by atoms with Gasteiger partial charge < -0.3 is 34.9 Å². The lowest BCUT2D eigenvalue weighted by Gasteiger charge is -2.32. The van der Waals surface area contributed by atoms with Crippen LogP contribution < -0.4 is 16.1 Å². The van der Waals surface area contributed by atoms with Crippen LogP contribution in [0, 0.1) is 0 Å². The lowest BCUT2D eigenvalue weighted by Crippen LogP contribution is -2.44. The van der Waals surface area contributed by atoms with Gasteiger partial charge in [-0.1, -0.05) is 54.6 Å². The Balaban J connectivity index is 1.44. The number of alkyl carbamates (subject to hydrolysis) is 1. The number of hydrogen-bond acceptors (Lipinski definition) is 7. The van der Waals surface area contributed by atoms with Gasteiger partial charge in [-0.3, -0.25) is 4.79 Å². The molecule has 0 aliphatic carbocycles. The Morgan fingerprint density at radius 3 is 2.13 bits per heavy atom. The summed E-state index contributed by atoms with van der Waals surface area (Å²) in [4.78, 5) is 35.9. The Bertz CT molecular complexity index is 1090. The van der Waals surface area contributed by atoms with Gasteiger partial charge in [0, 0.05) is 13.0 Å². The Hall–Kier alpha value is -3.41. The quantitative estimate of drug-likeness (QED) is 0.325. The smallest absolute Gasteiger partial charge is 0.480 e. The normalized spacial score (nSPS) is 17.3. The average Bonchev–Trinajstić information content (AvgIpc) is 3.08. The number of carboxylic acid groups (broad SMARTS) is 1. The molecular formula is C27H35BN2O8. The summed E-state index contributed by atoms with van der Waals surface area (Å²) >= 11 is 0. The third-order valence-electron chi connectivity index (χ3n) is 6.69. The summed E-state index contributed by atoms with van der Waals surface area (Å²) in [5, 5.41) is 24.5. The second-order valence-corrected chi connectivity index (χ2v) is 10.3. The van der Waals surface area contributed by atoms with E-state index in [-0.39, 0.29) is 26.0 Å². The second-order valence-electron chi connectivity index (χ2n) is 10.3. The highest BCUT2D eigenvalue weighted by Gasteiger charge is 2.51. The van der Waals surface area contributed by atoms with E-state index in [0.29, 0.717) is 5.56 Å². The molecule has 2 amide bonds. The van der Waals surface area contributed by atoms with Crippen LogP contribution in [-0.2, 0) is 36.7 Å². The average molecular weight is 526 g/mol. The zero-order valence-electron chi connectivity index (χ0n) is 22.1. The molecule has 10 nitrogen and oxygen atoms in total. The molecule has 0 unspecified atom stereocenters. The molecule has 0 radical (unpaired) electrons. The molecule has 1 saturated heterocycles. The number of nitrogens with one attached hydrogen (secondary N) is 2. The number of carbonyl (C=O) groups is 3. The predicted molar refractivity (Wildman–Crippen MR) is 141 cm³/mol. The Morgan fingerprint density at radius 2 is 1.55 bits per heavy atom. The van der Waals surface area contributed by atoms with Crippen LogP contribution in [-0.4, -0.2) is 65.2 Å². The molecule has 38 heavy (non-hydrogen) atoms. The number of aliphatic hydroxyl groups is 1. The van der Waals surface area contributed by atoms with E-state index >= 15 is 0 Å². The fraction of sp³-hybridized carbons (Fsp3) is 0.444. The van der Waals surface area contributed by atoms with Crippen molar-refractivity contribution in [3.05, 3.63) is 65.7 Å². The minimum atomic E-state index is -1.21. The van der Waals surface area contributed by atoms with Crippen molar-refractivity contribution in [2.45, 2.75) is 70.5 Å². The van der Waals surface area contributed by atoms with Crippen LogP contribution >= 0.6 is 0 Å². The van der Waals surface area contributed by atoms with E-state index in [1.807, 2.05) is 58.0 Å². The third-order valence-corrected chi connectivity index (χ3v) is 6.69. The lowest BCUT2D eigenvalue weighted by atomic mass is 9.78. The second kappa shape index (κ2) is 12.4. The standard InChI is InChI=1S/C27H35BN2O8/c1-26(2)27(3,4)38-28(37-26)20-12-10-18(11-13-20)14-22(24(33)34)30-23(32)15-21(31)16-29-25(35)36-17-19-8-6-5-7-9-19/h5-13,21-22,31H,14-17H2,1-4H3,(H,29,35)(H,30,32)(H,33,34)/t21-,22-/m0/s1. The van der Waals surface area contributed by atoms with Gasteiger partial charge in [0.15, 0.2) is 0 Å². The predicted octanol–water partition coefficient (Wildman–Crippen LogP) is 1.78. The first-order valence-electron chi connectivity index (χ1n) is 12.5. The Labute approximate surface area is 222 Å². The van der Waals surface area contributed by atoms with Crippen LogP contribution in [0.4, 0.5) is 4.79 Å². The first-order chi connectivity index (χ1) is 17.9. The van der Waals surface area contributed by atoms with Gasteiger partial charge in [-0.05, 0) is 44.3 Å². The largest absolute Gasteiger partial charge is 0.494 e. The molecule has 2 atom stereocenters. The molecule has 1 heterocycles. The summed E-state index contributed by atoms with van der Waals surface area (Å²) in [5.74, 6) is -1.86. The van der Waals surface area contributed by atoms with E-state index in [1.165, 1.54) is 0 Å². The zero-order valence-corrected chi connectivity index (χ0v) is 22.1. The number of rotatable bonds is 11. The number of amides is 2. The fourth-order valence-electron chi connectivity index (χ4n) is 3.74. The lowest BCUT2D eigenvalue weighted by molar-refractivity contribution is -0.142. The third kappa shape index (κ3) is 8.05. The van der Waals surface area contributed by atoms with Gasteiger partial charge in [0.2, 0.25) is 5.91 Å². The maximum atomic E-state index is 12.4. The molecule has 204 valence electrons. The highest BCUT2D eigenvalue weighted by molar-refractivity contribution is 6.62. The van der Waals surface area contributed by atoms with E-state index in [4.69, 9.17) is 14.0 Å². The molecule has 2 aromatic rings. The van der Waals surface area contributed by atoms with Crippen LogP contribution in [0.15, 0.2) is 54.6 Å². The van der Waals surface area contributed by atoms with Crippen LogP contribution in [0.2, 0.25) is 0 Å². The summed E-state index contributed by atoms with van der Waals surface area (Å²) in [5.41, 5.74) is 1.36. The number of aliphatic carboxylic acids is 1. The number of hydrogen-bond donors (Lipinski definition) is 4. The van der Waals surface area contributed by atoms with Crippen LogP contribution in [0.1, 0.15) is 45.2 Å². The molecule has 0 bridgehead atoms. The number of aliphatic hydroxyl groups excluding tert-OH is 1. The van der Waals surface area contributed by atoms with Crippen molar-refractivity contribution >= 4 is 30.6 Å². The maximum Gasteiger partial charge on any atom is 0.494 e. The monoisotopic (exact) mass is 526 g/mol. The first-order valence-corrected chi connectivity index (χ1v) is 12.5. The summed E-state index contributed by atoms with van der Waals surface area (Å²) in [6, 6.07) is 15.1. The van der Waals surface area contributed by atoms with Crippen LogP contribution in [0.25, 0.3) is 0 Å². The molecule has 11 heteroatoms. The number of ether oxygens (including phenoxy) is 1. The van der Waals surface area contributed by atoms with Crippen molar-refractivity contribution in [3.63, 3.8) is 0 Å². The van der Waals surface area contributed by atoms with Crippen LogP contribution in [0.3, 0.4) is 0 Å². The van der Waals surface area contributed by atoms with Crippen molar-refractivity contribution in [3.8, 4) is 0 Å². The molecular weight excluding hydrogens is 491 g/mol. The molecule has 0 spiro atoms. The van der Waals surface area contributed by atoms with Gasteiger partial charge in [0.05, 0.1) is 23.7 Å². The molecule has 3 rings (SSSR count). The topological polar surface area (TPSA) is 143 Å². The molecule has 1 fully saturated rings. The van der Waals surface area contributed by atoms with E-state index in [9.17, 15) is 24.6 Å². The van der Waals surface area contributed by atoms with E-state index < -0.39 is 48.4 Å².